The zero-order valence-electron chi connectivity index (χ0n) is 18.8. The van der Waals surface area contributed by atoms with Gasteiger partial charge in [-0.3, -0.25) is 4.79 Å². The molecule has 2 saturated heterocycles. The summed E-state index contributed by atoms with van der Waals surface area (Å²) in [7, 11) is -2.33. The minimum Gasteiger partial charge on any atom is -0.399 e. The maximum Gasteiger partial charge on any atom is 0.256 e. The average molecular weight is 476 g/mol. The number of nitrogens with two attached hydrogens (primary N) is 1. The van der Waals surface area contributed by atoms with Gasteiger partial charge in [0.25, 0.3) is 5.91 Å². The lowest BCUT2D eigenvalue weighted by atomic mass is 10.1. The number of carbonyl (C=O) groups is 1. The van der Waals surface area contributed by atoms with Gasteiger partial charge in [0.05, 0.1) is 16.1 Å². The van der Waals surface area contributed by atoms with Crippen molar-refractivity contribution in [3.8, 4) is 0 Å². The molecule has 0 unspecified atom stereocenters. The van der Waals surface area contributed by atoms with E-state index in [0.717, 1.165) is 38.0 Å². The van der Waals surface area contributed by atoms with Gasteiger partial charge >= 0.3 is 0 Å². The van der Waals surface area contributed by atoms with Crippen molar-refractivity contribution in [1.29, 1.82) is 0 Å². The highest BCUT2D eigenvalue weighted by molar-refractivity contribution is 7.89. The number of rotatable bonds is 5. The van der Waals surface area contributed by atoms with Crippen molar-refractivity contribution in [3.05, 3.63) is 47.8 Å². The van der Waals surface area contributed by atoms with Crippen LogP contribution in [0.2, 0.25) is 0 Å². The molecule has 0 aromatic heterocycles. The molecule has 0 atom stereocenters. The molecule has 8 nitrogen and oxygen atoms in total. The number of carbonyl (C=O) groups excluding carboxylic acids is 1. The van der Waals surface area contributed by atoms with Crippen LogP contribution < -0.4 is 20.3 Å². The molecule has 2 aromatic carbocycles. The number of piperazine rings is 1. The van der Waals surface area contributed by atoms with Crippen LogP contribution in [0.25, 0.3) is 0 Å². The van der Waals surface area contributed by atoms with E-state index in [2.05, 4.69) is 9.62 Å². The summed E-state index contributed by atoms with van der Waals surface area (Å²) < 4.78 is 41.4. The molecule has 4 rings (SSSR count). The zero-order valence-corrected chi connectivity index (χ0v) is 19.6. The third kappa shape index (κ3) is 4.91. The largest absolute Gasteiger partial charge is 0.399 e. The Kier molecular flexibility index (Phi) is 6.76. The number of amides is 1. The summed E-state index contributed by atoms with van der Waals surface area (Å²) in [6.45, 7) is 3.43. The monoisotopic (exact) mass is 475 g/mol. The molecule has 0 spiro atoms. The lowest BCUT2D eigenvalue weighted by Gasteiger charge is -2.37. The summed E-state index contributed by atoms with van der Waals surface area (Å²) in [4.78, 5) is 19.4. The Morgan fingerprint density at radius 1 is 0.909 bits per heavy atom. The number of hydrogen-bond acceptors (Lipinski definition) is 6. The summed E-state index contributed by atoms with van der Waals surface area (Å²) in [6.07, 6.45) is 3.22. The third-order valence-electron chi connectivity index (χ3n) is 6.35. The third-order valence-corrected chi connectivity index (χ3v) is 7.77. The lowest BCUT2D eigenvalue weighted by Crippen LogP contribution is -2.49. The predicted octanol–water partition coefficient (Wildman–Crippen LogP) is 2.27. The Morgan fingerprint density at radius 3 is 2.18 bits per heavy atom. The number of hydrogen-bond donors (Lipinski definition) is 2. The molecule has 0 aliphatic carbocycles. The smallest absolute Gasteiger partial charge is 0.256 e. The molecule has 2 aliphatic heterocycles. The van der Waals surface area contributed by atoms with Gasteiger partial charge in [-0.1, -0.05) is 0 Å². The van der Waals surface area contributed by atoms with E-state index >= 15 is 0 Å². The minimum absolute atomic E-state index is 0.0664. The fourth-order valence-corrected chi connectivity index (χ4v) is 5.24. The van der Waals surface area contributed by atoms with E-state index in [0.29, 0.717) is 43.1 Å². The highest BCUT2D eigenvalue weighted by atomic mass is 32.2. The van der Waals surface area contributed by atoms with Gasteiger partial charge in [0, 0.05) is 50.6 Å². The van der Waals surface area contributed by atoms with Crippen molar-refractivity contribution in [2.75, 3.05) is 61.8 Å². The van der Waals surface area contributed by atoms with Crippen LogP contribution in [0.5, 0.6) is 0 Å². The lowest BCUT2D eigenvalue weighted by molar-refractivity contribution is 0.0747. The molecule has 2 aliphatic rings. The Balaban J connectivity index is 1.58. The summed E-state index contributed by atoms with van der Waals surface area (Å²) >= 11 is 0. The van der Waals surface area contributed by atoms with E-state index in [1.165, 1.54) is 19.2 Å². The minimum atomic E-state index is -3.68. The second kappa shape index (κ2) is 9.56. The van der Waals surface area contributed by atoms with Crippen molar-refractivity contribution < 1.29 is 17.6 Å². The number of benzene rings is 2. The second-order valence-corrected chi connectivity index (χ2v) is 10.3. The zero-order chi connectivity index (χ0) is 23.6. The number of piperidine rings is 1. The van der Waals surface area contributed by atoms with E-state index in [9.17, 15) is 17.6 Å². The molecule has 0 saturated carbocycles. The molecule has 178 valence electrons. The van der Waals surface area contributed by atoms with Crippen molar-refractivity contribution in [1.82, 2.24) is 9.62 Å². The molecule has 2 fully saturated rings. The number of nitrogen functional groups attached to an aromatic ring is 1. The van der Waals surface area contributed by atoms with Crippen molar-refractivity contribution in [2.24, 2.45) is 0 Å². The quantitative estimate of drug-likeness (QED) is 0.644. The highest BCUT2D eigenvalue weighted by Gasteiger charge is 2.28. The molecule has 10 heteroatoms. The van der Waals surface area contributed by atoms with Gasteiger partial charge in [0.1, 0.15) is 5.82 Å². The first-order valence-electron chi connectivity index (χ1n) is 11.2. The second-order valence-electron chi connectivity index (χ2n) is 8.42. The molecule has 2 aromatic rings. The first kappa shape index (κ1) is 23.3. The molecule has 3 N–H and O–H groups in total. The Hall–Kier alpha value is -2.85. The van der Waals surface area contributed by atoms with Gasteiger partial charge in [-0.05, 0) is 62.7 Å². The van der Waals surface area contributed by atoms with E-state index in [1.807, 2.05) is 4.90 Å². The SMILES string of the molecule is CNS(=O)(=O)c1ccc(N2CCCCC2)c(C(=O)N2CCN(c3ccc(N)cc3F)CC2)c1. The van der Waals surface area contributed by atoms with Gasteiger partial charge in [-0.25, -0.2) is 17.5 Å². The molecule has 33 heavy (non-hydrogen) atoms. The van der Waals surface area contributed by atoms with Gasteiger partial charge in [-0.15, -0.1) is 0 Å². The van der Waals surface area contributed by atoms with E-state index in [1.54, 1.807) is 29.2 Å². The maximum atomic E-state index is 14.3. The molecule has 0 radical (unpaired) electrons. The Bertz CT molecular complexity index is 1130. The van der Waals surface area contributed by atoms with Gasteiger partial charge < -0.3 is 20.4 Å². The van der Waals surface area contributed by atoms with Crippen molar-refractivity contribution in [3.63, 3.8) is 0 Å². The normalized spacial score (nSPS) is 17.3. The number of anilines is 3. The fourth-order valence-electron chi connectivity index (χ4n) is 4.48. The van der Waals surface area contributed by atoms with Crippen LogP contribution in [0, 0.1) is 5.82 Å². The maximum absolute atomic E-state index is 14.3. The van der Waals surface area contributed by atoms with Crippen molar-refractivity contribution >= 4 is 33.0 Å². The number of sulfonamides is 1. The standard InChI is InChI=1S/C23H30FN5O3S/c1-26-33(31,32)18-6-8-21(27-9-3-2-4-10-27)19(16-18)23(30)29-13-11-28(12-14-29)22-7-5-17(25)15-20(22)24/h5-8,15-16,26H,2-4,9-14,25H2,1H3. The molecule has 0 bridgehead atoms. The topological polar surface area (TPSA) is 99.0 Å². The van der Waals surface area contributed by atoms with Gasteiger partial charge in [0.2, 0.25) is 10.0 Å². The molecule has 1 amide bonds. The van der Waals surface area contributed by atoms with Gasteiger partial charge in [-0.2, -0.15) is 0 Å². The summed E-state index contributed by atoms with van der Waals surface area (Å²) in [5.41, 5.74) is 7.64. The summed E-state index contributed by atoms with van der Waals surface area (Å²) in [6, 6.07) is 9.38. The van der Waals surface area contributed by atoms with Crippen LogP contribution in [0.3, 0.4) is 0 Å². The van der Waals surface area contributed by atoms with E-state index in [-0.39, 0.29) is 16.6 Å². The van der Waals surface area contributed by atoms with Gasteiger partial charge in [0.15, 0.2) is 0 Å². The Morgan fingerprint density at radius 2 is 1.55 bits per heavy atom. The van der Waals surface area contributed by atoms with Crippen LogP contribution in [0.1, 0.15) is 29.6 Å². The summed E-state index contributed by atoms with van der Waals surface area (Å²) in [5.74, 6) is -0.590. The first-order valence-corrected chi connectivity index (χ1v) is 12.7. The highest BCUT2D eigenvalue weighted by Crippen LogP contribution is 2.29. The van der Waals surface area contributed by atoms with E-state index < -0.39 is 10.0 Å². The van der Waals surface area contributed by atoms with Crippen LogP contribution in [-0.4, -0.2) is 65.5 Å². The number of nitrogens with zero attached hydrogens (tertiary/aromatic N) is 3. The molecular weight excluding hydrogens is 445 g/mol. The van der Waals surface area contributed by atoms with Crippen LogP contribution >= 0.6 is 0 Å². The predicted molar refractivity (Wildman–Crippen MR) is 128 cm³/mol. The molecular formula is C23H30FN5O3S. The number of halogens is 1. The number of nitrogens with one attached hydrogen (secondary N) is 1. The van der Waals surface area contributed by atoms with Crippen LogP contribution in [-0.2, 0) is 10.0 Å². The fraction of sp³-hybridized carbons (Fsp3) is 0.435. The summed E-state index contributed by atoms with van der Waals surface area (Å²) in [5, 5.41) is 0. The van der Waals surface area contributed by atoms with Crippen LogP contribution in [0.15, 0.2) is 41.3 Å². The Labute approximate surface area is 194 Å². The van der Waals surface area contributed by atoms with E-state index in [4.69, 9.17) is 5.73 Å². The molecule has 2 heterocycles. The van der Waals surface area contributed by atoms with Crippen LogP contribution in [0.4, 0.5) is 21.5 Å². The first-order chi connectivity index (χ1) is 15.8. The van der Waals surface area contributed by atoms with Crippen molar-refractivity contribution in [2.45, 2.75) is 24.2 Å². The average Bonchev–Trinajstić information content (AvgIpc) is 2.84.